The van der Waals surface area contributed by atoms with Crippen molar-refractivity contribution in [3.05, 3.63) is 52.4 Å². The molecule has 3 aromatic heterocycles. The summed E-state index contributed by atoms with van der Waals surface area (Å²) in [6.45, 7) is 4.18. The number of anilines is 1. The van der Waals surface area contributed by atoms with Crippen molar-refractivity contribution in [2.24, 2.45) is 12.0 Å². The maximum absolute atomic E-state index is 12.6. The number of carbonyl (C=O) groups excluding carboxylic acids is 1. The lowest BCUT2D eigenvalue weighted by atomic mass is 10.1. The minimum Gasteiger partial charge on any atom is -0.361 e. The van der Waals surface area contributed by atoms with E-state index in [0.717, 1.165) is 27.9 Å². The van der Waals surface area contributed by atoms with E-state index in [1.165, 1.54) is 16.4 Å². The summed E-state index contributed by atoms with van der Waals surface area (Å²) in [5.74, 6) is 0.483. The van der Waals surface area contributed by atoms with Crippen molar-refractivity contribution >= 4 is 52.1 Å². The third-order valence-electron chi connectivity index (χ3n) is 4.76. The largest absolute Gasteiger partial charge is 0.361 e. The summed E-state index contributed by atoms with van der Waals surface area (Å²) in [6, 6.07) is 7.59. The summed E-state index contributed by atoms with van der Waals surface area (Å²) in [5.41, 5.74) is 3.71. The number of benzene rings is 1. The number of hydrogen-bond acceptors (Lipinski definition) is 8. The number of aliphatic imine (C=N–C) groups is 1. The van der Waals surface area contributed by atoms with Crippen LogP contribution < -0.4 is 10.6 Å². The van der Waals surface area contributed by atoms with Crippen LogP contribution in [0, 0.1) is 13.8 Å². The number of rotatable bonds is 7. The van der Waals surface area contributed by atoms with Crippen molar-refractivity contribution in [3.8, 4) is 0 Å². The zero-order valence-corrected chi connectivity index (χ0v) is 20.4. The van der Waals surface area contributed by atoms with Crippen LogP contribution in [0.25, 0.3) is 10.9 Å². The number of nitrogens with one attached hydrogen (secondary N) is 3. The van der Waals surface area contributed by atoms with E-state index < -0.39 is 0 Å². The van der Waals surface area contributed by atoms with Crippen LogP contribution >= 0.6 is 23.4 Å². The van der Waals surface area contributed by atoms with Gasteiger partial charge in [-0.05, 0) is 60.5 Å². The van der Waals surface area contributed by atoms with E-state index >= 15 is 0 Å². The van der Waals surface area contributed by atoms with E-state index in [9.17, 15) is 4.79 Å². The standard InChI is InChI=1S/C21H23ClN10OS/c1-12-8-13(2)26-20(25-12)28-19(27-18(33)11-34-21-29-30-31-32(21)3)23-7-6-14-10-24-17-5-4-15(22)9-16(14)17/h4-5,8-10,24H,6-7,11H2,1-3H3,(H2,23,25,26,27,28,33). The normalized spacial score (nSPS) is 11.7. The van der Waals surface area contributed by atoms with Crippen molar-refractivity contribution < 1.29 is 4.79 Å². The lowest BCUT2D eigenvalue weighted by Gasteiger charge is -2.11. The minimum atomic E-state index is -0.262. The van der Waals surface area contributed by atoms with Gasteiger partial charge in [0.05, 0.1) is 5.75 Å². The number of fused-ring (bicyclic) bond motifs is 1. The van der Waals surface area contributed by atoms with Crippen LogP contribution in [0.1, 0.15) is 17.0 Å². The Morgan fingerprint density at radius 1 is 1.24 bits per heavy atom. The Kier molecular flexibility index (Phi) is 7.38. The summed E-state index contributed by atoms with van der Waals surface area (Å²) in [4.78, 5) is 29.2. The number of aryl methyl sites for hydroxylation is 3. The number of thioether (sulfide) groups is 1. The lowest BCUT2D eigenvalue weighted by Crippen LogP contribution is -2.38. The van der Waals surface area contributed by atoms with Crippen LogP contribution in [0.5, 0.6) is 0 Å². The molecular formula is C21H23ClN10OS. The fraction of sp³-hybridized carbons (Fsp3) is 0.286. The molecule has 0 saturated heterocycles. The fourth-order valence-corrected chi connectivity index (χ4v) is 4.11. The average Bonchev–Trinajstić information content (AvgIpc) is 3.37. The molecule has 0 spiro atoms. The Balaban J connectivity index is 1.47. The molecule has 0 saturated carbocycles. The second-order valence-electron chi connectivity index (χ2n) is 7.51. The lowest BCUT2D eigenvalue weighted by molar-refractivity contribution is -0.117. The van der Waals surface area contributed by atoms with Gasteiger partial charge in [0.2, 0.25) is 23.0 Å². The highest BCUT2D eigenvalue weighted by Crippen LogP contribution is 2.22. The van der Waals surface area contributed by atoms with Crippen LogP contribution in [-0.2, 0) is 18.3 Å². The summed E-state index contributed by atoms with van der Waals surface area (Å²) in [5, 5.41) is 19.3. The van der Waals surface area contributed by atoms with Crippen LogP contribution in [0.3, 0.4) is 0 Å². The second-order valence-corrected chi connectivity index (χ2v) is 8.88. The first-order chi connectivity index (χ1) is 16.4. The molecule has 3 heterocycles. The molecular weight excluding hydrogens is 476 g/mol. The van der Waals surface area contributed by atoms with Crippen molar-refractivity contribution in [2.75, 3.05) is 17.6 Å². The Labute approximate surface area is 204 Å². The van der Waals surface area contributed by atoms with Gasteiger partial charge in [-0.3, -0.25) is 20.4 Å². The number of tetrazole rings is 1. The molecule has 0 radical (unpaired) electrons. The molecule has 0 unspecified atom stereocenters. The number of amides is 1. The molecule has 34 heavy (non-hydrogen) atoms. The summed E-state index contributed by atoms with van der Waals surface area (Å²) in [6.07, 6.45) is 2.59. The van der Waals surface area contributed by atoms with Gasteiger partial charge in [-0.2, -0.15) is 0 Å². The van der Waals surface area contributed by atoms with Crippen molar-refractivity contribution in [2.45, 2.75) is 25.4 Å². The van der Waals surface area contributed by atoms with Crippen molar-refractivity contribution in [3.63, 3.8) is 0 Å². The van der Waals surface area contributed by atoms with Gasteiger partial charge in [0.25, 0.3) is 0 Å². The van der Waals surface area contributed by atoms with Crippen LogP contribution in [0.2, 0.25) is 5.02 Å². The molecule has 0 atom stereocenters. The summed E-state index contributed by atoms with van der Waals surface area (Å²) >= 11 is 7.38. The van der Waals surface area contributed by atoms with Crippen LogP contribution in [-0.4, -0.2) is 59.3 Å². The zero-order valence-electron chi connectivity index (χ0n) is 18.8. The molecule has 0 aliphatic heterocycles. The SMILES string of the molecule is Cc1cc(C)nc(NC(=NCCc2c[nH]c3ccc(Cl)cc23)NC(=O)CSc2nnnn2C)n1. The fourth-order valence-electron chi connectivity index (χ4n) is 3.29. The highest BCUT2D eigenvalue weighted by molar-refractivity contribution is 7.99. The Hall–Kier alpha value is -3.51. The van der Waals surface area contributed by atoms with Gasteiger partial charge in [0.1, 0.15) is 0 Å². The van der Waals surface area contributed by atoms with Crippen molar-refractivity contribution in [1.82, 2.24) is 40.5 Å². The number of H-pyrrole nitrogens is 1. The topological polar surface area (TPSA) is 139 Å². The number of hydrogen-bond donors (Lipinski definition) is 3. The quantitative estimate of drug-likeness (QED) is 0.201. The summed E-state index contributed by atoms with van der Waals surface area (Å²) in [7, 11) is 1.71. The minimum absolute atomic E-state index is 0.115. The Morgan fingerprint density at radius 2 is 2.03 bits per heavy atom. The van der Waals surface area contributed by atoms with Crippen molar-refractivity contribution in [1.29, 1.82) is 0 Å². The zero-order chi connectivity index (χ0) is 24.1. The predicted molar refractivity (Wildman–Crippen MR) is 132 cm³/mol. The first kappa shape index (κ1) is 23.6. The molecule has 4 aromatic rings. The monoisotopic (exact) mass is 498 g/mol. The molecule has 0 aliphatic carbocycles. The number of guanidine groups is 1. The van der Waals surface area contributed by atoms with E-state index in [0.29, 0.717) is 29.1 Å². The molecule has 176 valence electrons. The highest BCUT2D eigenvalue weighted by atomic mass is 35.5. The molecule has 0 bridgehead atoms. The number of nitrogens with zero attached hydrogens (tertiary/aromatic N) is 7. The first-order valence-corrected chi connectivity index (χ1v) is 11.8. The van der Waals surface area contributed by atoms with E-state index in [-0.39, 0.29) is 17.6 Å². The van der Waals surface area contributed by atoms with Gasteiger partial charge in [-0.15, -0.1) is 5.10 Å². The van der Waals surface area contributed by atoms with Crippen LogP contribution in [0.4, 0.5) is 5.95 Å². The van der Waals surface area contributed by atoms with E-state index in [2.05, 4.69) is 46.1 Å². The average molecular weight is 499 g/mol. The van der Waals surface area contributed by atoms with Gasteiger partial charge in [-0.1, -0.05) is 23.4 Å². The number of carbonyl (C=O) groups is 1. The van der Waals surface area contributed by atoms with Gasteiger partial charge < -0.3 is 4.98 Å². The third-order valence-corrected chi connectivity index (χ3v) is 6.01. The van der Waals surface area contributed by atoms with E-state index in [4.69, 9.17) is 11.6 Å². The molecule has 1 aromatic carbocycles. The maximum atomic E-state index is 12.6. The molecule has 11 nitrogen and oxygen atoms in total. The van der Waals surface area contributed by atoms with Gasteiger partial charge in [0, 0.05) is 47.1 Å². The molecule has 3 N–H and O–H groups in total. The van der Waals surface area contributed by atoms with Gasteiger partial charge in [-0.25, -0.2) is 14.6 Å². The maximum Gasteiger partial charge on any atom is 0.237 e. The molecule has 4 rings (SSSR count). The smallest absolute Gasteiger partial charge is 0.237 e. The van der Waals surface area contributed by atoms with E-state index in [1.54, 1.807) is 7.05 Å². The molecule has 1 amide bonds. The molecule has 0 aliphatic rings. The van der Waals surface area contributed by atoms with E-state index in [1.807, 2.05) is 44.3 Å². The third kappa shape index (κ3) is 6.08. The number of halogens is 1. The Bertz CT molecular complexity index is 1330. The predicted octanol–water partition coefficient (Wildman–Crippen LogP) is 2.67. The van der Waals surface area contributed by atoms with Gasteiger partial charge in [0.15, 0.2) is 0 Å². The van der Waals surface area contributed by atoms with Gasteiger partial charge >= 0.3 is 0 Å². The van der Waals surface area contributed by atoms with Crippen LogP contribution in [0.15, 0.2) is 40.6 Å². The molecule has 13 heteroatoms. The molecule has 0 fully saturated rings. The highest BCUT2D eigenvalue weighted by Gasteiger charge is 2.12. The summed E-state index contributed by atoms with van der Waals surface area (Å²) < 4.78 is 1.50. The first-order valence-electron chi connectivity index (χ1n) is 10.4. The number of aromatic nitrogens is 7. The number of aromatic amines is 1. The Morgan fingerprint density at radius 3 is 2.76 bits per heavy atom. The second kappa shape index (κ2) is 10.6.